The van der Waals surface area contributed by atoms with Crippen molar-refractivity contribution in [3.05, 3.63) is 59.4 Å². The Balaban J connectivity index is 2.70. The molecule has 0 aliphatic heterocycles. The summed E-state index contributed by atoms with van der Waals surface area (Å²) in [6, 6.07) is 7.75. The molecule has 0 bridgehead atoms. The van der Waals surface area contributed by atoms with Crippen LogP contribution in [-0.2, 0) is 0 Å². The second-order valence-electron chi connectivity index (χ2n) is 3.63. The lowest BCUT2D eigenvalue weighted by Gasteiger charge is -2.08. The Morgan fingerprint density at radius 2 is 1.56 bits per heavy atom. The van der Waals surface area contributed by atoms with E-state index in [0.29, 0.717) is 0 Å². The molecule has 0 saturated heterocycles. The summed E-state index contributed by atoms with van der Waals surface area (Å²) in [6.07, 6.45) is 0. The third-order valence-corrected chi connectivity index (χ3v) is 2.52. The minimum absolute atomic E-state index is 0.0439. The van der Waals surface area contributed by atoms with Gasteiger partial charge in [0, 0.05) is 11.1 Å². The largest absolute Gasteiger partial charge is 0.366 e. The molecular formula is C13H8F3NO. The number of benzene rings is 2. The molecule has 0 unspecified atom stereocenters. The predicted molar refractivity (Wildman–Crippen MR) is 60.3 cm³/mol. The maximum atomic E-state index is 13.6. The smallest absolute Gasteiger partial charge is 0.249 e. The average molecular weight is 251 g/mol. The number of hydrogen-bond donors (Lipinski definition) is 1. The van der Waals surface area contributed by atoms with Gasteiger partial charge in [0.1, 0.15) is 0 Å². The number of primary amides is 1. The van der Waals surface area contributed by atoms with E-state index >= 15 is 0 Å². The van der Waals surface area contributed by atoms with Crippen LogP contribution in [0.4, 0.5) is 13.2 Å². The summed E-state index contributed by atoms with van der Waals surface area (Å²) in [6.45, 7) is 0. The molecule has 2 aromatic rings. The van der Waals surface area contributed by atoms with Gasteiger partial charge in [-0.3, -0.25) is 4.79 Å². The highest BCUT2D eigenvalue weighted by Gasteiger charge is 2.18. The fraction of sp³-hybridized carbons (Fsp3) is 0. The Labute approximate surface area is 101 Å². The zero-order chi connectivity index (χ0) is 13.3. The minimum Gasteiger partial charge on any atom is -0.366 e. The molecule has 2 aromatic carbocycles. The number of halogens is 3. The van der Waals surface area contributed by atoms with Crippen molar-refractivity contribution < 1.29 is 18.0 Å². The standard InChI is InChI=1S/C13H8F3NO/c14-10-6-5-8(11(15)12(10)16)7-3-1-2-4-9(7)13(17)18/h1-6H,(H2,17,18). The van der Waals surface area contributed by atoms with Crippen LogP contribution in [0.5, 0.6) is 0 Å². The number of rotatable bonds is 2. The molecule has 0 heterocycles. The summed E-state index contributed by atoms with van der Waals surface area (Å²) in [5, 5.41) is 0. The van der Waals surface area contributed by atoms with Crippen LogP contribution in [0, 0.1) is 17.5 Å². The van der Waals surface area contributed by atoms with Crippen molar-refractivity contribution in [1.82, 2.24) is 0 Å². The second kappa shape index (κ2) is 4.52. The maximum Gasteiger partial charge on any atom is 0.249 e. The van der Waals surface area contributed by atoms with Crippen molar-refractivity contribution in [3.63, 3.8) is 0 Å². The molecule has 0 aromatic heterocycles. The third kappa shape index (κ3) is 1.95. The van der Waals surface area contributed by atoms with Crippen molar-refractivity contribution in [2.45, 2.75) is 0 Å². The first-order valence-electron chi connectivity index (χ1n) is 5.05. The Bertz CT molecular complexity index is 626. The quantitative estimate of drug-likeness (QED) is 0.819. The van der Waals surface area contributed by atoms with Gasteiger partial charge in [0.05, 0.1) is 0 Å². The van der Waals surface area contributed by atoms with Crippen LogP contribution in [-0.4, -0.2) is 5.91 Å². The molecule has 0 saturated carbocycles. The molecule has 0 spiro atoms. The fourth-order valence-electron chi connectivity index (χ4n) is 1.67. The lowest BCUT2D eigenvalue weighted by molar-refractivity contribution is 0.100. The normalized spacial score (nSPS) is 10.4. The molecule has 92 valence electrons. The Hall–Kier alpha value is -2.30. The number of nitrogens with two attached hydrogens (primary N) is 1. The second-order valence-corrected chi connectivity index (χ2v) is 3.63. The van der Waals surface area contributed by atoms with E-state index in [-0.39, 0.29) is 16.7 Å². The summed E-state index contributed by atoms with van der Waals surface area (Å²) in [7, 11) is 0. The SMILES string of the molecule is NC(=O)c1ccccc1-c1ccc(F)c(F)c1F. The van der Waals surface area contributed by atoms with Crippen molar-refractivity contribution in [3.8, 4) is 11.1 Å². The van der Waals surface area contributed by atoms with E-state index in [1.54, 1.807) is 12.1 Å². The molecule has 0 aliphatic carbocycles. The summed E-state index contributed by atoms with van der Waals surface area (Å²) in [5.41, 5.74) is 5.11. The highest BCUT2D eigenvalue weighted by molar-refractivity contribution is 5.99. The molecule has 1 amide bonds. The lowest BCUT2D eigenvalue weighted by atomic mass is 9.98. The van der Waals surface area contributed by atoms with Gasteiger partial charge in [-0.05, 0) is 23.8 Å². The Morgan fingerprint density at radius 1 is 0.889 bits per heavy atom. The fourth-order valence-corrected chi connectivity index (χ4v) is 1.67. The van der Waals surface area contributed by atoms with Crippen LogP contribution < -0.4 is 5.73 Å². The third-order valence-electron chi connectivity index (χ3n) is 2.52. The molecule has 2 rings (SSSR count). The van der Waals surface area contributed by atoms with Crippen molar-refractivity contribution in [1.29, 1.82) is 0 Å². The monoisotopic (exact) mass is 251 g/mol. The number of amides is 1. The van der Waals surface area contributed by atoms with E-state index < -0.39 is 23.4 Å². The Morgan fingerprint density at radius 3 is 2.22 bits per heavy atom. The summed E-state index contributed by atoms with van der Waals surface area (Å²) < 4.78 is 39.6. The van der Waals surface area contributed by atoms with Gasteiger partial charge in [-0.2, -0.15) is 0 Å². The topological polar surface area (TPSA) is 43.1 Å². The Kier molecular flexibility index (Phi) is 3.06. The molecule has 5 heteroatoms. The van der Waals surface area contributed by atoms with E-state index in [4.69, 9.17) is 5.73 Å². The van der Waals surface area contributed by atoms with Gasteiger partial charge in [-0.15, -0.1) is 0 Å². The van der Waals surface area contributed by atoms with E-state index in [9.17, 15) is 18.0 Å². The van der Waals surface area contributed by atoms with Crippen LogP contribution >= 0.6 is 0 Å². The van der Waals surface area contributed by atoms with Crippen molar-refractivity contribution in [2.75, 3.05) is 0 Å². The van der Waals surface area contributed by atoms with E-state index in [1.807, 2.05) is 0 Å². The first-order valence-corrected chi connectivity index (χ1v) is 5.05. The average Bonchev–Trinajstić information content (AvgIpc) is 2.36. The van der Waals surface area contributed by atoms with Crippen LogP contribution in [0.15, 0.2) is 36.4 Å². The first kappa shape index (κ1) is 12.2. The first-order chi connectivity index (χ1) is 8.52. The maximum absolute atomic E-state index is 13.6. The number of carbonyl (C=O) groups is 1. The zero-order valence-corrected chi connectivity index (χ0v) is 9.08. The van der Waals surface area contributed by atoms with Crippen LogP contribution in [0.2, 0.25) is 0 Å². The van der Waals surface area contributed by atoms with Gasteiger partial charge in [-0.1, -0.05) is 18.2 Å². The van der Waals surface area contributed by atoms with Gasteiger partial charge in [0.15, 0.2) is 17.5 Å². The van der Waals surface area contributed by atoms with Crippen LogP contribution in [0.3, 0.4) is 0 Å². The number of carbonyl (C=O) groups excluding carboxylic acids is 1. The predicted octanol–water partition coefficient (Wildman–Crippen LogP) is 2.87. The highest BCUT2D eigenvalue weighted by Crippen LogP contribution is 2.28. The van der Waals surface area contributed by atoms with Gasteiger partial charge < -0.3 is 5.73 Å². The molecule has 0 atom stereocenters. The number of hydrogen-bond acceptors (Lipinski definition) is 1. The minimum atomic E-state index is -1.58. The molecule has 2 N–H and O–H groups in total. The molecule has 0 radical (unpaired) electrons. The van der Waals surface area contributed by atoms with Gasteiger partial charge >= 0.3 is 0 Å². The molecule has 0 fully saturated rings. The van der Waals surface area contributed by atoms with E-state index in [0.717, 1.165) is 12.1 Å². The zero-order valence-electron chi connectivity index (χ0n) is 9.08. The lowest BCUT2D eigenvalue weighted by Crippen LogP contribution is -2.12. The van der Waals surface area contributed by atoms with E-state index in [1.165, 1.54) is 12.1 Å². The summed E-state index contributed by atoms with van der Waals surface area (Å²) in [5.74, 6) is -4.97. The van der Waals surface area contributed by atoms with Crippen molar-refractivity contribution >= 4 is 5.91 Å². The molecule has 2 nitrogen and oxygen atoms in total. The molecule has 18 heavy (non-hydrogen) atoms. The van der Waals surface area contributed by atoms with E-state index in [2.05, 4.69) is 0 Å². The van der Waals surface area contributed by atoms with Crippen molar-refractivity contribution in [2.24, 2.45) is 5.73 Å². The molecular weight excluding hydrogens is 243 g/mol. The molecule has 0 aliphatic rings. The highest BCUT2D eigenvalue weighted by atomic mass is 19.2. The van der Waals surface area contributed by atoms with Gasteiger partial charge in [0.2, 0.25) is 5.91 Å². The van der Waals surface area contributed by atoms with Gasteiger partial charge in [0.25, 0.3) is 0 Å². The summed E-state index contributed by atoms with van der Waals surface area (Å²) in [4.78, 5) is 11.2. The van der Waals surface area contributed by atoms with Crippen LogP contribution in [0.25, 0.3) is 11.1 Å². The summed E-state index contributed by atoms with van der Waals surface area (Å²) >= 11 is 0. The van der Waals surface area contributed by atoms with Crippen LogP contribution in [0.1, 0.15) is 10.4 Å². The van der Waals surface area contributed by atoms with Gasteiger partial charge in [-0.25, -0.2) is 13.2 Å².